The number of aliphatic hydroxyl groups is 1. The standard InChI is InChI=1S/C28H24N2O6S/c1-4-36-18-10-11-19-22(14-18)37-28(29-19)30-24(17-9-12-20(31)21(13-17)35-3)23(26(33)27(30)34)25(32)16-7-5-15(2)6-8-16/h5-14,24,31-32H,4H2,1-3H3. The highest BCUT2D eigenvalue weighted by Crippen LogP contribution is 2.46. The fourth-order valence-electron chi connectivity index (χ4n) is 4.33. The number of benzene rings is 3. The Hall–Kier alpha value is -4.37. The van der Waals surface area contributed by atoms with Gasteiger partial charge < -0.3 is 19.7 Å². The molecule has 9 heteroatoms. The molecule has 1 saturated heterocycles. The molecule has 1 aliphatic heterocycles. The molecule has 8 nitrogen and oxygen atoms in total. The molecule has 1 fully saturated rings. The Morgan fingerprint density at radius 3 is 2.54 bits per heavy atom. The van der Waals surface area contributed by atoms with E-state index in [4.69, 9.17) is 9.47 Å². The minimum absolute atomic E-state index is 0.0733. The molecule has 2 heterocycles. The number of aliphatic hydroxyl groups excluding tert-OH is 1. The van der Waals surface area contributed by atoms with Crippen LogP contribution in [0, 0.1) is 6.92 Å². The van der Waals surface area contributed by atoms with Crippen LogP contribution in [0.15, 0.2) is 66.2 Å². The van der Waals surface area contributed by atoms with Crippen LogP contribution in [0.4, 0.5) is 5.13 Å². The highest BCUT2D eigenvalue weighted by Gasteiger charge is 2.48. The van der Waals surface area contributed by atoms with Crippen LogP contribution in [-0.2, 0) is 9.59 Å². The number of phenolic OH excluding ortho intramolecular Hbond substituents is 1. The molecule has 0 aliphatic carbocycles. The molecular formula is C28H24N2O6S. The second kappa shape index (κ2) is 9.59. The predicted octanol–water partition coefficient (Wildman–Crippen LogP) is 5.34. The Kier molecular flexibility index (Phi) is 6.31. The first-order valence-corrected chi connectivity index (χ1v) is 12.4. The second-order valence-corrected chi connectivity index (χ2v) is 9.53. The van der Waals surface area contributed by atoms with Crippen molar-refractivity contribution in [2.75, 3.05) is 18.6 Å². The van der Waals surface area contributed by atoms with Gasteiger partial charge in [0.15, 0.2) is 16.6 Å². The first-order valence-electron chi connectivity index (χ1n) is 11.6. The number of hydrogen-bond acceptors (Lipinski definition) is 8. The SMILES string of the molecule is CCOc1ccc2nc(N3C(=O)C(=O)C(=C(O)c4ccc(C)cc4)C3c3ccc(O)c(OC)c3)sc2c1. The van der Waals surface area contributed by atoms with E-state index >= 15 is 0 Å². The predicted molar refractivity (Wildman–Crippen MR) is 141 cm³/mol. The van der Waals surface area contributed by atoms with Crippen molar-refractivity contribution in [1.82, 2.24) is 4.98 Å². The Morgan fingerprint density at radius 2 is 1.84 bits per heavy atom. The third kappa shape index (κ3) is 4.27. The number of methoxy groups -OCH3 is 1. The fraction of sp³-hybridized carbons (Fsp3) is 0.179. The molecule has 1 atom stereocenters. The first kappa shape index (κ1) is 24.3. The number of fused-ring (bicyclic) bond motifs is 1. The summed E-state index contributed by atoms with van der Waals surface area (Å²) < 4.78 is 11.6. The van der Waals surface area contributed by atoms with Gasteiger partial charge in [-0.25, -0.2) is 4.98 Å². The smallest absolute Gasteiger partial charge is 0.301 e. The normalized spacial score (nSPS) is 16.9. The molecule has 37 heavy (non-hydrogen) atoms. The maximum atomic E-state index is 13.4. The van der Waals surface area contributed by atoms with Crippen molar-refractivity contribution >= 4 is 44.1 Å². The third-order valence-electron chi connectivity index (χ3n) is 6.15. The van der Waals surface area contributed by atoms with Crippen LogP contribution in [-0.4, -0.2) is 40.6 Å². The van der Waals surface area contributed by atoms with Crippen LogP contribution in [0.3, 0.4) is 0 Å². The molecule has 2 N–H and O–H groups in total. The topological polar surface area (TPSA) is 109 Å². The quantitative estimate of drug-likeness (QED) is 0.202. The van der Waals surface area contributed by atoms with E-state index in [-0.39, 0.29) is 22.8 Å². The number of hydrogen-bond donors (Lipinski definition) is 2. The van der Waals surface area contributed by atoms with E-state index in [2.05, 4.69) is 4.98 Å². The largest absolute Gasteiger partial charge is 0.507 e. The highest BCUT2D eigenvalue weighted by molar-refractivity contribution is 7.22. The van der Waals surface area contributed by atoms with E-state index in [1.165, 1.54) is 29.4 Å². The van der Waals surface area contributed by atoms with E-state index < -0.39 is 17.7 Å². The summed E-state index contributed by atoms with van der Waals surface area (Å²) in [5, 5.41) is 21.7. The van der Waals surface area contributed by atoms with Crippen molar-refractivity contribution in [3.8, 4) is 17.2 Å². The molecule has 1 amide bonds. The number of ether oxygens (including phenoxy) is 2. The van der Waals surface area contributed by atoms with Crippen molar-refractivity contribution in [3.63, 3.8) is 0 Å². The van der Waals surface area contributed by atoms with Gasteiger partial charge in [0.2, 0.25) is 0 Å². The minimum atomic E-state index is -0.997. The molecule has 5 rings (SSSR count). The Balaban J connectivity index is 1.71. The number of carbonyl (C=O) groups excluding carboxylic acids is 2. The van der Waals surface area contributed by atoms with Crippen LogP contribution in [0.25, 0.3) is 16.0 Å². The van der Waals surface area contributed by atoms with E-state index in [9.17, 15) is 19.8 Å². The monoisotopic (exact) mass is 516 g/mol. The van der Waals surface area contributed by atoms with Crippen molar-refractivity contribution in [2.45, 2.75) is 19.9 Å². The molecule has 1 unspecified atom stereocenters. The van der Waals surface area contributed by atoms with Gasteiger partial charge in [-0.1, -0.05) is 47.2 Å². The second-order valence-electron chi connectivity index (χ2n) is 8.53. The molecule has 0 radical (unpaired) electrons. The van der Waals surface area contributed by atoms with Crippen LogP contribution in [0.1, 0.15) is 29.7 Å². The number of aryl methyl sites for hydroxylation is 1. The van der Waals surface area contributed by atoms with Crippen molar-refractivity contribution in [2.24, 2.45) is 0 Å². The van der Waals surface area contributed by atoms with Gasteiger partial charge in [0.1, 0.15) is 11.5 Å². The van der Waals surface area contributed by atoms with E-state index in [0.717, 1.165) is 10.3 Å². The number of amides is 1. The maximum Gasteiger partial charge on any atom is 0.301 e. The summed E-state index contributed by atoms with van der Waals surface area (Å²) >= 11 is 1.24. The number of rotatable bonds is 6. The number of phenols is 1. The first-order chi connectivity index (χ1) is 17.8. The molecule has 0 spiro atoms. The summed E-state index contributed by atoms with van der Waals surface area (Å²) in [5.74, 6) is -1.18. The summed E-state index contributed by atoms with van der Waals surface area (Å²) in [6, 6.07) is 16.0. The molecule has 3 aromatic carbocycles. The molecule has 188 valence electrons. The third-order valence-corrected chi connectivity index (χ3v) is 7.17. The van der Waals surface area contributed by atoms with Crippen LogP contribution in [0.2, 0.25) is 0 Å². The van der Waals surface area contributed by atoms with Gasteiger partial charge in [-0.3, -0.25) is 14.5 Å². The number of thiazole rings is 1. The lowest BCUT2D eigenvalue weighted by Crippen LogP contribution is -2.29. The summed E-state index contributed by atoms with van der Waals surface area (Å²) in [7, 11) is 1.41. The number of aromatic hydroxyl groups is 1. The summed E-state index contributed by atoms with van der Waals surface area (Å²) in [6.45, 7) is 4.31. The molecule has 1 aliphatic rings. The lowest BCUT2D eigenvalue weighted by Gasteiger charge is -2.23. The number of ketones is 1. The number of aromatic nitrogens is 1. The Labute approximate surface area is 217 Å². The van der Waals surface area contributed by atoms with Crippen LogP contribution < -0.4 is 14.4 Å². The summed E-state index contributed by atoms with van der Waals surface area (Å²) in [5.41, 5.74) is 2.43. The molecule has 0 bridgehead atoms. The zero-order valence-corrected chi connectivity index (χ0v) is 21.2. The Bertz CT molecular complexity index is 1560. The molecule has 0 saturated carbocycles. The summed E-state index contributed by atoms with van der Waals surface area (Å²) in [4.78, 5) is 32.8. The van der Waals surface area contributed by atoms with Gasteiger partial charge in [0.25, 0.3) is 5.78 Å². The summed E-state index contributed by atoms with van der Waals surface area (Å²) in [6.07, 6.45) is 0. The van der Waals surface area contributed by atoms with E-state index in [0.29, 0.717) is 34.1 Å². The average Bonchev–Trinajstić information content (AvgIpc) is 3.42. The van der Waals surface area contributed by atoms with Crippen molar-refractivity contribution in [3.05, 3.63) is 82.9 Å². The number of Topliss-reactive ketones (excluding diaryl/α,β-unsaturated/α-hetero) is 1. The fourth-order valence-corrected chi connectivity index (χ4v) is 5.35. The highest BCUT2D eigenvalue weighted by atomic mass is 32.1. The van der Waals surface area contributed by atoms with E-state index in [1.54, 1.807) is 36.4 Å². The molecular weight excluding hydrogens is 492 g/mol. The lowest BCUT2D eigenvalue weighted by molar-refractivity contribution is -0.132. The van der Waals surface area contributed by atoms with Gasteiger partial charge in [0.05, 0.1) is 35.5 Å². The molecule has 1 aromatic heterocycles. The maximum absolute atomic E-state index is 13.4. The minimum Gasteiger partial charge on any atom is -0.507 e. The zero-order valence-electron chi connectivity index (χ0n) is 20.4. The van der Waals surface area contributed by atoms with Gasteiger partial charge in [-0.2, -0.15) is 0 Å². The molecule has 4 aromatic rings. The lowest BCUT2D eigenvalue weighted by atomic mass is 9.95. The number of anilines is 1. The van der Waals surface area contributed by atoms with Crippen LogP contribution >= 0.6 is 11.3 Å². The number of carbonyl (C=O) groups is 2. The van der Waals surface area contributed by atoms with Crippen molar-refractivity contribution in [1.29, 1.82) is 0 Å². The number of nitrogens with zero attached hydrogens (tertiary/aromatic N) is 2. The average molecular weight is 517 g/mol. The van der Waals surface area contributed by atoms with Gasteiger partial charge in [0, 0.05) is 5.56 Å². The van der Waals surface area contributed by atoms with Gasteiger partial charge in [-0.15, -0.1) is 0 Å². The van der Waals surface area contributed by atoms with Gasteiger partial charge in [-0.05, 0) is 49.7 Å². The van der Waals surface area contributed by atoms with Crippen LogP contribution in [0.5, 0.6) is 17.2 Å². The van der Waals surface area contributed by atoms with Crippen molar-refractivity contribution < 1.29 is 29.3 Å². The van der Waals surface area contributed by atoms with Gasteiger partial charge >= 0.3 is 5.91 Å². The van der Waals surface area contributed by atoms with E-state index in [1.807, 2.05) is 32.0 Å². The Morgan fingerprint density at radius 1 is 1.08 bits per heavy atom. The zero-order chi connectivity index (χ0) is 26.3.